The summed E-state index contributed by atoms with van der Waals surface area (Å²) in [6.07, 6.45) is 0. The minimum atomic E-state index is -0.483. The van der Waals surface area contributed by atoms with Crippen LogP contribution in [0, 0.1) is 0 Å². The Morgan fingerprint density at radius 1 is 0.297 bits per heavy atom. The molecule has 0 amide bonds. The van der Waals surface area contributed by atoms with Crippen molar-refractivity contribution in [3.8, 4) is 55.9 Å². The number of hydrogen-bond donors (Lipinski definition) is 0. The first-order chi connectivity index (χ1) is 48.1. The fourth-order valence-electron chi connectivity index (χ4n) is 14.3. The van der Waals surface area contributed by atoms with Gasteiger partial charge in [0.1, 0.15) is 0 Å². The topological polar surface area (TPSA) is 16.3 Å². The van der Waals surface area contributed by atoms with Crippen LogP contribution < -0.4 is 26.2 Å². The van der Waals surface area contributed by atoms with E-state index in [1.807, 2.05) is 47.0 Å². The van der Waals surface area contributed by atoms with Crippen LogP contribution in [0.2, 0.25) is 0 Å². The smallest absolute Gasteiger partial charge is 0.252 e. The second-order valence-electron chi connectivity index (χ2n) is 26.3. The third kappa shape index (κ3) is 8.89. The van der Waals surface area contributed by atoms with Gasteiger partial charge in [-0.1, -0.05) is 242 Å². The zero-order chi connectivity index (χ0) is 69.1. The van der Waals surface area contributed by atoms with Crippen LogP contribution in [-0.2, 0) is 10.8 Å². The molecule has 0 spiro atoms. The number of benzene rings is 13. The van der Waals surface area contributed by atoms with Crippen molar-refractivity contribution in [1.29, 1.82) is 0 Å². The maximum atomic E-state index is 9.93. The quantitative estimate of drug-likeness (QED) is 0.141. The van der Waals surface area contributed by atoms with Gasteiger partial charge < -0.3 is 18.9 Å². The zero-order valence-corrected chi connectivity index (χ0v) is 51.5. The summed E-state index contributed by atoms with van der Waals surface area (Å²) in [4.78, 5) is 4.77. The highest BCUT2D eigenvalue weighted by atomic mass is 15.2. The highest BCUT2D eigenvalue weighted by Gasteiger charge is 2.45. The fourth-order valence-corrected chi connectivity index (χ4v) is 14.3. The van der Waals surface area contributed by atoms with Crippen molar-refractivity contribution in [2.24, 2.45) is 0 Å². The Balaban J connectivity index is 0.999. The minimum absolute atomic E-state index is 0.102. The van der Waals surface area contributed by atoms with Crippen molar-refractivity contribution in [2.45, 2.75) is 52.4 Å². The van der Waals surface area contributed by atoms with Gasteiger partial charge in [-0.2, -0.15) is 0 Å². The first kappa shape index (κ1) is 45.4. The summed E-state index contributed by atoms with van der Waals surface area (Å²) in [5, 5.41) is 3.29. The molecule has 0 aliphatic carbocycles. The van der Waals surface area contributed by atoms with E-state index in [1.165, 1.54) is 0 Å². The molecule has 2 aliphatic heterocycles. The lowest BCUT2D eigenvalue weighted by atomic mass is 9.33. The van der Waals surface area contributed by atoms with Gasteiger partial charge in [0, 0.05) is 66.9 Å². The van der Waals surface area contributed by atoms with Crippen molar-refractivity contribution >= 4 is 101 Å². The number of para-hydroxylation sites is 3. The molecule has 91 heavy (non-hydrogen) atoms. The molecular formula is C86H67BN4. The maximum Gasteiger partial charge on any atom is 0.252 e. The Kier molecular flexibility index (Phi) is 10.4. The number of aromatic nitrogens is 2. The molecule has 434 valence electrons. The van der Waals surface area contributed by atoms with E-state index in [-0.39, 0.29) is 47.2 Å². The second-order valence-corrected chi connectivity index (χ2v) is 26.3. The monoisotopic (exact) mass is 1180 g/mol. The molecule has 0 unspecified atom stereocenters. The summed E-state index contributed by atoms with van der Waals surface area (Å²) in [6.45, 7) is 13.0. The summed E-state index contributed by atoms with van der Waals surface area (Å²) in [5.41, 5.74) is 21.0. The average molecular weight is 1180 g/mol. The van der Waals surface area contributed by atoms with Gasteiger partial charge in [-0.3, -0.25) is 0 Å². The first-order valence-corrected chi connectivity index (χ1v) is 31.3. The predicted molar refractivity (Wildman–Crippen MR) is 388 cm³/mol. The van der Waals surface area contributed by atoms with E-state index in [2.05, 4.69) is 256 Å². The molecule has 4 heterocycles. The lowest BCUT2D eigenvalue weighted by Crippen LogP contribution is -2.61. The molecule has 0 saturated heterocycles. The van der Waals surface area contributed by atoms with E-state index in [9.17, 15) is 8.22 Å². The molecule has 5 heteroatoms. The van der Waals surface area contributed by atoms with Crippen LogP contribution in [0.3, 0.4) is 0 Å². The van der Waals surface area contributed by atoms with Crippen molar-refractivity contribution in [2.75, 3.05) is 9.80 Å². The second kappa shape index (κ2) is 20.9. The highest BCUT2D eigenvalue weighted by Crippen LogP contribution is 2.51. The van der Waals surface area contributed by atoms with Crippen LogP contribution in [0.25, 0.3) is 99.5 Å². The van der Waals surface area contributed by atoms with Crippen molar-refractivity contribution in [3.63, 3.8) is 0 Å². The van der Waals surface area contributed by atoms with E-state index in [0.29, 0.717) is 33.1 Å². The van der Waals surface area contributed by atoms with Crippen LogP contribution in [-0.4, -0.2) is 15.8 Å². The summed E-state index contributed by atoms with van der Waals surface area (Å²) in [5.74, 6) is 0. The van der Waals surface area contributed by atoms with Gasteiger partial charge in [0.2, 0.25) is 0 Å². The summed E-state index contributed by atoms with van der Waals surface area (Å²) >= 11 is 0. The zero-order valence-electron chi connectivity index (χ0n) is 60.5. The lowest BCUT2D eigenvalue weighted by Gasteiger charge is -2.46. The molecule has 15 aromatic rings. The van der Waals surface area contributed by atoms with Crippen LogP contribution >= 0.6 is 0 Å². The highest BCUT2D eigenvalue weighted by molar-refractivity contribution is 7.00. The van der Waals surface area contributed by atoms with Gasteiger partial charge in [-0.05, 0) is 174 Å². The molecule has 2 aromatic heterocycles. The Labute approximate surface area is 545 Å². The SMILES string of the molecule is [2H]c1c([2H])c([2H])c(-c2ccc3c(c2)N(c2cc(-c4ccccc4)cc(-c4ccccc4)c2)c2cc(C(C)(C)C)cc4c2B3c2ccc(-n3c5ccc(-n6c7ccccc7c7ccccc76)cc5c5c([2H])c([2H])c([2H])c([2H])c53)cc2N4c2ccc(C(C)(C)C)cc2-c2ccccc2)c([2H])c1[2H]. The van der Waals surface area contributed by atoms with Crippen molar-refractivity contribution < 1.29 is 12.3 Å². The molecular weight excluding hydrogens is 1100 g/mol. The van der Waals surface area contributed by atoms with Crippen molar-refractivity contribution in [3.05, 3.63) is 308 Å². The molecule has 0 saturated carbocycles. The normalized spacial score (nSPS) is 14.3. The molecule has 0 fully saturated rings. The number of anilines is 6. The van der Waals surface area contributed by atoms with E-state index < -0.39 is 30.3 Å². The van der Waals surface area contributed by atoms with Crippen LogP contribution in [0.1, 0.15) is 65.0 Å². The van der Waals surface area contributed by atoms with Crippen LogP contribution in [0.4, 0.5) is 34.1 Å². The standard InChI is InChI=1S/C86H67BN4/c1-85(2,3)63-40-45-78(71(51-63)59-31-17-10-18-32-59)91-81-55-66(89-77-38-24-21-35-70(77)72-54-65(42-46-79(72)89)88-75-36-22-19-33-68(75)69-34-20-23-37-76(69)88)41-44-74(81)87-73-43-39-60(56-25-11-7-12-26-56)50-80(73)90(82-52-64(86(4,5)6)53-83(91)84(82)87)67-48-61(57-27-13-8-14-28-57)47-62(49-67)58-29-15-9-16-30-58/h7-55H,1-6H3/i7D,11D,12D,21D,24D,25D,26D,35D,38D. The molecule has 0 bridgehead atoms. The number of fused-ring (bicyclic) bond motifs is 10. The average Bonchev–Trinajstić information content (AvgIpc) is 1.11. The summed E-state index contributed by atoms with van der Waals surface area (Å²) in [6, 6.07) is 82.2. The fraction of sp³-hybridized carbons (Fsp3) is 0.0930. The van der Waals surface area contributed by atoms with Crippen LogP contribution in [0.15, 0.2) is 297 Å². The molecule has 4 nitrogen and oxygen atoms in total. The summed E-state index contributed by atoms with van der Waals surface area (Å²) < 4.78 is 88.0. The third-order valence-corrected chi connectivity index (χ3v) is 18.8. The number of rotatable bonds is 8. The Hall–Kier alpha value is -10.9. The van der Waals surface area contributed by atoms with Gasteiger partial charge in [0.15, 0.2) is 0 Å². The van der Waals surface area contributed by atoms with E-state index >= 15 is 0 Å². The number of hydrogen-bond acceptors (Lipinski definition) is 2. The van der Waals surface area contributed by atoms with Gasteiger partial charge in [0.05, 0.1) is 40.1 Å². The predicted octanol–water partition coefficient (Wildman–Crippen LogP) is 21.2. The summed E-state index contributed by atoms with van der Waals surface area (Å²) in [7, 11) is 0. The lowest BCUT2D eigenvalue weighted by molar-refractivity contribution is 0.590. The van der Waals surface area contributed by atoms with Gasteiger partial charge >= 0.3 is 0 Å². The molecule has 13 aromatic carbocycles. The van der Waals surface area contributed by atoms with E-state index in [4.69, 9.17) is 4.11 Å². The Morgan fingerprint density at radius 3 is 1.47 bits per heavy atom. The first-order valence-electron chi connectivity index (χ1n) is 35.8. The van der Waals surface area contributed by atoms with Gasteiger partial charge in [0.25, 0.3) is 6.71 Å². The Bertz CT molecular complexity index is 5810. The Morgan fingerprint density at radius 2 is 0.824 bits per heavy atom. The van der Waals surface area contributed by atoms with E-state index in [1.54, 1.807) is 0 Å². The third-order valence-electron chi connectivity index (χ3n) is 18.8. The van der Waals surface area contributed by atoms with Crippen molar-refractivity contribution in [1.82, 2.24) is 9.13 Å². The largest absolute Gasteiger partial charge is 0.311 e. The molecule has 17 rings (SSSR count). The molecule has 0 atom stereocenters. The van der Waals surface area contributed by atoms with Crippen LogP contribution in [0.5, 0.6) is 0 Å². The molecule has 2 aliphatic rings. The van der Waals surface area contributed by atoms with Gasteiger partial charge in [-0.25, -0.2) is 0 Å². The minimum Gasteiger partial charge on any atom is -0.311 e. The molecule has 0 N–H and O–H groups in total. The van der Waals surface area contributed by atoms with Gasteiger partial charge in [-0.15, -0.1) is 0 Å². The molecule has 0 radical (unpaired) electrons. The maximum absolute atomic E-state index is 9.93. The van der Waals surface area contributed by atoms with E-state index in [0.717, 1.165) is 123 Å². The number of nitrogens with zero attached hydrogens (tertiary/aromatic N) is 4.